The molecule has 0 amide bonds. The molecule has 35 heavy (non-hydrogen) atoms. The van der Waals surface area contributed by atoms with E-state index in [0.717, 1.165) is 52.7 Å². The number of rotatable bonds is 9. The van der Waals surface area contributed by atoms with Gasteiger partial charge in [0.25, 0.3) is 0 Å². The van der Waals surface area contributed by atoms with Crippen LogP contribution >= 0.6 is 0 Å². The van der Waals surface area contributed by atoms with Crippen molar-refractivity contribution in [1.29, 1.82) is 0 Å². The van der Waals surface area contributed by atoms with E-state index in [9.17, 15) is 0 Å². The maximum atomic E-state index is 5.11. The third-order valence-corrected chi connectivity index (χ3v) is 6.65. The Hall–Kier alpha value is -3.85. The molecule has 0 unspecified atom stereocenters. The Balaban J connectivity index is 1.52. The lowest BCUT2D eigenvalue weighted by atomic mass is 10.0. The summed E-state index contributed by atoms with van der Waals surface area (Å²) in [6.07, 6.45) is 8.63. The lowest BCUT2D eigenvalue weighted by Crippen LogP contribution is -2.35. The summed E-state index contributed by atoms with van der Waals surface area (Å²) in [6.45, 7) is 6.71. The Kier molecular flexibility index (Phi) is 6.94. The largest absolute Gasteiger partial charge is 0.354 e. The predicted octanol–water partition coefficient (Wildman–Crippen LogP) is 5.53. The quantitative estimate of drug-likeness (QED) is 0.334. The summed E-state index contributed by atoms with van der Waals surface area (Å²) in [7, 11) is 0. The number of aromatic nitrogens is 2. The summed E-state index contributed by atoms with van der Waals surface area (Å²) < 4.78 is 2.16. The highest BCUT2D eigenvalue weighted by atomic mass is 15.1. The van der Waals surface area contributed by atoms with Gasteiger partial charge in [0, 0.05) is 19.0 Å². The molecule has 1 aromatic heterocycles. The molecule has 1 aliphatic heterocycles. The van der Waals surface area contributed by atoms with Gasteiger partial charge in [-0.05, 0) is 35.1 Å². The smallest absolute Gasteiger partial charge is 0.157 e. The fourth-order valence-corrected chi connectivity index (χ4v) is 4.74. The third kappa shape index (κ3) is 5.30. The molecule has 1 N–H and O–H groups in total. The second kappa shape index (κ2) is 10.6. The van der Waals surface area contributed by atoms with E-state index in [1.165, 1.54) is 36.0 Å². The zero-order valence-electron chi connectivity index (χ0n) is 20.5. The Morgan fingerprint density at radius 2 is 1.51 bits per heavy atom. The van der Waals surface area contributed by atoms with Crippen molar-refractivity contribution in [2.24, 2.45) is 0 Å². The molecule has 2 heterocycles. The minimum Gasteiger partial charge on any atom is -0.354 e. The lowest BCUT2D eigenvalue weighted by molar-refractivity contribution is 0.717. The van der Waals surface area contributed by atoms with Gasteiger partial charge in [0.15, 0.2) is 5.48 Å². The number of unbranched alkanes of at least 4 members (excludes halogenated alkanes) is 2. The van der Waals surface area contributed by atoms with Crippen LogP contribution in [0, 0.1) is 0 Å². The van der Waals surface area contributed by atoms with E-state index in [-0.39, 0.29) is 0 Å². The molecule has 0 saturated heterocycles. The predicted molar refractivity (Wildman–Crippen MR) is 147 cm³/mol. The zero-order valence-corrected chi connectivity index (χ0v) is 20.5. The summed E-state index contributed by atoms with van der Waals surface area (Å²) in [5.74, 6) is 0. The normalized spacial score (nSPS) is 12.7. The Labute approximate surface area is 208 Å². The van der Waals surface area contributed by atoms with E-state index in [1.807, 2.05) is 6.07 Å². The van der Waals surface area contributed by atoms with Crippen molar-refractivity contribution >= 4 is 24.2 Å². The molecular weight excluding hydrogens is 426 g/mol. The summed E-state index contributed by atoms with van der Waals surface area (Å²) in [5.41, 5.74) is 9.26. The van der Waals surface area contributed by atoms with E-state index >= 15 is 0 Å². The van der Waals surface area contributed by atoms with Gasteiger partial charge in [0.05, 0.1) is 22.4 Å². The van der Waals surface area contributed by atoms with Gasteiger partial charge in [-0.2, -0.15) is 0 Å². The first-order chi connectivity index (χ1) is 17.2. The number of nitrogens with zero attached hydrogens (tertiary/aromatic N) is 2. The Morgan fingerprint density at radius 1 is 0.800 bits per heavy atom. The van der Waals surface area contributed by atoms with Gasteiger partial charge in [-0.15, -0.1) is 0 Å². The van der Waals surface area contributed by atoms with Gasteiger partial charge in [0.1, 0.15) is 0 Å². The number of benzene rings is 3. The number of hydrogen-bond donors (Lipinski definition) is 1. The summed E-state index contributed by atoms with van der Waals surface area (Å²) in [4.78, 5) is 5.11. The van der Waals surface area contributed by atoms with Crippen LogP contribution < -0.4 is 16.1 Å². The van der Waals surface area contributed by atoms with Crippen molar-refractivity contribution in [2.45, 2.75) is 45.4 Å². The maximum absolute atomic E-state index is 5.11. The van der Waals surface area contributed by atoms with Gasteiger partial charge in [-0.1, -0.05) is 111 Å². The van der Waals surface area contributed by atoms with Gasteiger partial charge >= 0.3 is 0 Å². The molecule has 1 aliphatic rings. The van der Waals surface area contributed by atoms with Gasteiger partial charge in [-0.3, -0.25) is 4.57 Å². The van der Waals surface area contributed by atoms with Crippen LogP contribution in [0.15, 0.2) is 84.9 Å². The monoisotopic (exact) mass is 459 g/mol. The molecule has 3 nitrogen and oxygen atoms in total. The first-order valence-electron chi connectivity index (χ1n) is 12.7. The number of imidazole rings is 1. The van der Waals surface area contributed by atoms with Crippen LogP contribution in [0.1, 0.15) is 54.1 Å². The third-order valence-electron chi connectivity index (χ3n) is 6.65. The Morgan fingerprint density at radius 3 is 2.29 bits per heavy atom. The van der Waals surface area contributed by atoms with E-state index < -0.39 is 0 Å². The summed E-state index contributed by atoms with van der Waals surface area (Å²) in [6, 6.07) is 30.0. The number of aryl methyl sites for hydroxylation is 1. The number of fused-ring (bicyclic) bond motifs is 1. The molecule has 0 aliphatic carbocycles. The zero-order chi connectivity index (χ0) is 24.0. The van der Waals surface area contributed by atoms with Crippen molar-refractivity contribution in [3.05, 3.63) is 124 Å². The molecular formula is C32H33N3. The second-order valence-corrected chi connectivity index (χ2v) is 9.33. The van der Waals surface area contributed by atoms with Gasteiger partial charge in [0.2, 0.25) is 0 Å². The Bertz CT molecular complexity index is 1430. The van der Waals surface area contributed by atoms with Crippen LogP contribution in [0.3, 0.4) is 0 Å². The highest BCUT2D eigenvalue weighted by Gasteiger charge is 2.17. The van der Waals surface area contributed by atoms with Crippen molar-refractivity contribution in [1.82, 2.24) is 14.9 Å². The SMILES string of the molecule is C=c1c(Cc2cccc(CCCCC)c2)nc2n1C=C(c1ccccc1)NC=2Cc1ccccc1. The van der Waals surface area contributed by atoms with E-state index in [4.69, 9.17) is 4.98 Å². The maximum Gasteiger partial charge on any atom is 0.157 e. The molecule has 0 atom stereocenters. The molecule has 0 fully saturated rings. The first-order valence-corrected chi connectivity index (χ1v) is 12.7. The molecule has 3 heteroatoms. The minimum absolute atomic E-state index is 0.785. The van der Waals surface area contributed by atoms with Crippen molar-refractivity contribution in [3.63, 3.8) is 0 Å². The van der Waals surface area contributed by atoms with E-state index in [1.54, 1.807) is 0 Å². The van der Waals surface area contributed by atoms with Crippen LogP contribution in [0.25, 0.3) is 24.2 Å². The van der Waals surface area contributed by atoms with Crippen LogP contribution in [-0.4, -0.2) is 9.55 Å². The highest BCUT2D eigenvalue weighted by Crippen LogP contribution is 2.18. The topological polar surface area (TPSA) is 29.9 Å². The van der Waals surface area contributed by atoms with Crippen molar-refractivity contribution in [3.8, 4) is 0 Å². The standard InChI is InChI=1S/C32H33N3/c1-3-4-7-13-25-16-12-17-27(20-25)22-29-24(2)35-23-31(28-18-10-6-11-19-28)33-30(32(35)34-29)21-26-14-8-5-9-15-26/h5-6,8-12,14-20,23,33H,2-4,7,13,21-22H2,1H3. The fraction of sp³-hybridized carbons (Fsp3) is 0.219. The fourth-order valence-electron chi connectivity index (χ4n) is 4.74. The number of nitrogens with one attached hydrogen (secondary N) is 1. The summed E-state index contributed by atoms with van der Waals surface area (Å²) >= 11 is 0. The average molecular weight is 460 g/mol. The molecule has 0 saturated carbocycles. The lowest BCUT2D eigenvalue weighted by Gasteiger charge is -2.19. The van der Waals surface area contributed by atoms with E-state index in [0.29, 0.717) is 0 Å². The van der Waals surface area contributed by atoms with Crippen LogP contribution in [0.2, 0.25) is 0 Å². The van der Waals surface area contributed by atoms with Crippen LogP contribution in [-0.2, 0) is 19.3 Å². The van der Waals surface area contributed by atoms with Crippen LogP contribution in [0.5, 0.6) is 0 Å². The molecule has 4 aromatic rings. The highest BCUT2D eigenvalue weighted by molar-refractivity contribution is 5.80. The minimum atomic E-state index is 0.785. The average Bonchev–Trinajstić information content (AvgIpc) is 3.21. The second-order valence-electron chi connectivity index (χ2n) is 9.33. The molecule has 5 rings (SSSR count). The van der Waals surface area contributed by atoms with Gasteiger partial charge < -0.3 is 5.32 Å². The first kappa shape index (κ1) is 22.9. The van der Waals surface area contributed by atoms with Crippen molar-refractivity contribution < 1.29 is 0 Å². The summed E-state index contributed by atoms with van der Waals surface area (Å²) in [5, 5.41) is 4.64. The van der Waals surface area contributed by atoms with Crippen LogP contribution in [0.4, 0.5) is 0 Å². The molecule has 0 radical (unpaired) electrons. The number of hydrogen-bond acceptors (Lipinski definition) is 2. The van der Waals surface area contributed by atoms with Crippen molar-refractivity contribution in [2.75, 3.05) is 0 Å². The molecule has 176 valence electrons. The molecule has 3 aromatic carbocycles. The van der Waals surface area contributed by atoms with Gasteiger partial charge in [-0.25, -0.2) is 4.98 Å². The molecule has 0 bridgehead atoms. The molecule has 0 spiro atoms. The van der Waals surface area contributed by atoms with E-state index in [2.05, 4.69) is 108 Å².